The zero-order chi connectivity index (χ0) is 22.9. The van der Waals surface area contributed by atoms with Crippen LogP contribution in [0.4, 0.5) is 5.13 Å². The van der Waals surface area contributed by atoms with E-state index in [0.29, 0.717) is 28.8 Å². The summed E-state index contributed by atoms with van der Waals surface area (Å²) >= 11 is 1.34. The number of carbonyl (C=O) groups excluding carboxylic acids is 1. The Morgan fingerprint density at radius 2 is 1.91 bits per heavy atom. The van der Waals surface area contributed by atoms with Gasteiger partial charge in [0.2, 0.25) is 0 Å². The molecule has 4 rings (SSSR count). The van der Waals surface area contributed by atoms with E-state index in [0.717, 1.165) is 31.4 Å². The zero-order valence-electron chi connectivity index (χ0n) is 18.5. The molecule has 0 spiro atoms. The Hall–Kier alpha value is -2.07. The fraction of sp³-hybridized carbons (Fsp3) is 0.478. The number of hydrogen-bond acceptors (Lipinski definition) is 7. The van der Waals surface area contributed by atoms with Crippen LogP contribution in [0.5, 0.6) is 0 Å². The van der Waals surface area contributed by atoms with Crippen molar-refractivity contribution in [2.75, 3.05) is 18.2 Å². The summed E-state index contributed by atoms with van der Waals surface area (Å²) in [5, 5.41) is 5.27. The molecule has 0 bridgehead atoms. The largest absolute Gasteiger partial charge is 0.347 e. The number of hydrogen-bond donors (Lipinski definition) is 1. The minimum Gasteiger partial charge on any atom is -0.347 e. The number of rotatable bonds is 6. The van der Waals surface area contributed by atoms with Crippen molar-refractivity contribution in [3.63, 3.8) is 0 Å². The fourth-order valence-corrected chi connectivity index (χ4v) is 5.41. The molecule has 172 valence electrons. The minimum absolute atomic E-state index is 0.230. The van der Waals surface area contributed by atoms with Crippen LogP contribution in [0.1, 0.15) is 56.9 Å². The standard InChI is InChI=1S/C23H28N2O5S2/c1-23(2)29-13-20(30-23)19-14-31-22(24-19)25-21(26)18(12-15-6-4-5-7-15)16-8-10-17(11-9-16)32(3,27)28/h8-12,14-15,20H,4-7,13H2,1-3H3,(H,24,25,26)/b18-12+. The first-order valence-corrected chi connectivity index (χ1v) is 13.5. The SMILES string of the molecule is CC1(C)OCC(c2csc(NC(=O)/C(=C/C3CCCC3)c3ccc(S(C)(=O)=O)cc3)n2)O1. The average Bonchev–Trinajstić information content (AvgIpc) is 3.47. The van der Waals surface area contributed by atoms with Gasteiger partial charge in [0.1, 0.15) is 6.10 Å². The molecule has 2 aromatic rings. The van der Waals surface area contributed by atoms with Crippen LogP contribution in [0.3, 0.4) is 0 Å². The molecule has 1 aliphatic carbocycles. The van der Waals surface area contributed by atoms with Gasteiger partial charge in [0, 0.05) is 17.2 Å². The van der Waals surface area contributed by atoms with E-state index in [4.69, 9.17) is 9.47 Å². The highest BCUT2D eigenvalue weighted by atomic mass is 32.2. The molecule has 2 aliphatic rings. The van der Waals surface area contributed by atoms with Crippen molar-refractivity contribution in [1.82, 2.24) is 4.98 Å². The smallest absolute Gasteiger partial charge is 0.257 e. The number of allylic oxidation sites excluding steroid dienone is 1. The number of nitrogens with one attached hydrogen (secondary N) is 1. The summed E-state index contributed by atoms with van der Waals surface area (Å²) < 4.78 is 35.0. The van der Waals surface area contributed by atoms with Gasteiger partial charge in [-0.2, -0.15) is 0 Å². The normalized spacial score (nSPS) is 21.7. The third-order valence-corrected chi connectivity index (χ3v) is 7.63. The maximum Gasteiger partial charge on any atom is 0.257 e. The third kappa shape index (κ3) is 5.46. The van der Waals surface area contributed by atoms with E-state index in [9.17, 15) is 13.2 Å². The van der Waals surface area contributed by atoms with Crippen LogP contribution in [-0.4, -0.2) is 38.0 Å². The number of anilines is 1. The number of carbonyl (C=O) groups is 1. The van der Waals surface area contributed by atoms with E-state index >= 15 is 0 Å². The molecule has 1 saturated carbocycles. The number of sulfone groups is 1. The average molecular weight is 477 g/mol. The lowest BCUT2D eigenvalue weighted by atomic mass is 9.98. The van der Waals surface area contributed by atoms with Gasteiger partial charge in [0.15, 0.2) is 20.8 Å². The predicted molar refractivity (Wildman–Crippen MR) is 124 cm³/mol. The molecule has 7 nitrogen and oxygen atoms in total. The van der Waals surface area contributed by atoms with Crippen molar-refractivity contribution in [1.29, 1.82) is 0 Å². The molecule has 1 aliphatic heterocycles. The molecule has 1 aromatic carbocycles. The maximum absolute atomic E-state index is 13.2. The van der Waals surface area contributed by atoms with Crippen LogP contribution in [0.2, 0.25) is 0 Å². The second-order valence-electron chi connectivity index (χ2n) is 8.77. The van der Waals surface area contributed by atoms with Gasteiger partial charge in [-0.3, -0.25) is 10.1 Å². The highest BCUT2D eigenvalue weighted by Gasteiger charge is 2.35. The summed E-state index contributed by atoms with van der Waals surface area (Å²) in [5.74, 6) is -0.565. The monoisotopic (exact) mass is 476 g/mol. The van der Waals surface area contributed by atoms with Crippen molar-refractivity contribution < 1.29 is 22.7 Å². The Morgan fingerprint density at radius 1 is 1.22 bits per heavy atom. The zero-order valence-corrected chi connectivity index (χ0v) is 20.1. The van der Waals surface area contributed by atoms with Crippen molar-refractivity contribution in [3.8, 4) is 0 Å². The Labute approximate surface area is 192 Å². The summed E-state index contributed by atoms with van der Waals surface area (Å²) in [6, 6.07) is 6.47. The van der Waals surface area contributed by atoms with Gasteiger partial charge in [-0.15, -0.1) is 11.3 Å². The van der Waals surface area contributed by atoms with Gasteiger partial charge < -0.3 is 9.47 Å². The number of aromatic nitrogens is 1. The van der Waals surface area contributed by atoms with E-state index in [2.05, 4.69) is 10.3 Å². The molecule has 2 heterocycles. The van der Waals surface area contributed by atoms with Gasteiger partial charge in [0.25, 0.3) is 5.91 Å². The van der Waals surface area contributed by atoms with Crippen LogP contribution in [-0.2, 0) is 24.1 Å². The summed E-state index contributed by atoms with van der Waals surface area (Å²) in [7, 11) is -3.30. The summed E-state index contributed by atoms with van der Waals surface area (Å²) in [4.78, 5) is 18.0. The van der Waals surface area contributed by atoms with Gasteiger partial charge in [-0.25, -0.2) is 13.4 Å². The van der Waals surface area contributed by atoms with Gasteiger partial charge in [0.05, 0.1) is 17.2 Å². The number of amides is 1. The van der Waals surface area contributed by atoms with Gasteiger partial charge in [-0.1, -0.05) is 31.1 Å². The number of thiazole rings is 1. The molecule has 1 atom stereocenters. The minimum atomic E-state index is -3.30. The predicted octanol–water partition coefficient (Wildman–Crippen LogP) is 4.58. The van der Waals surface area contributed by atoms with Crippen molar-refractivity contribution >= 4 is 37.8 Å². The molecule has 0 radical (unpaired) electrons. The maximum atomic E-state index is 13.2. The fourth-order valence-electron chi connectivity index (χ4n) is 4.03. The second-order valence-corrected chi connectivity index (χ2v) is 11.6. The first-order valence-electron chi connectivity index (χ1n) is 10.7. The Bertz CT molecular complexity index is 1110. The third-order valence-electron chi connectivity index (χ3n) is 5.72. The van der Waals surface area contributed by atoms with Crippen LogP contribution in [0, 0.1) is 5.92 Å². The van der Waals surface area contributed by atoms with Crippen LogP contribution in [0.25, 0.3) is 5.57 Å². The van der Waals surface area contributed by atoms with Crippen molar-refractivity contribution in [2.24, 2.45) is 5.92 Å². The molecular weight excluding hydrogens is 448 g/mol. The number of nitrogens with zero attached hydrogens (tertiary/aromatic N) is 1. The van der Waals surface area contributed by atoms with Crippen LogP contribution < -0.4 is 5.32 Å². The molecule has 1 saturated heterocycles. The lowest BCUT2D eigenvalue weighted by molar-refractivity contribution is -0.139. The van der Waals surface area contributed by atoms with E-state index < -0.39 is 15.6 Å². The first-order chi connectivity index (χ1) is 15.1. The highest BCUT2D eigenvalue weighted by molar-refractivity contribution is 7.90. The molecule has 1 N–H and O–H groups in total. The number of ether oxygens (including phenoxy) is 2. The lowest BCUT2D eigenvalue weighted by Crippen LogP contribution is -2.19. The van der Waals surface area contributed by atoms with Crippen molar-refractivity contribution in [3.05, 3.63) is 47.0 Å². The Balaban J connectivity index is 1.55. The molecule has 9 heteroatoms. The van der Waals surface area contributed by atoms with Crippen molar-refractivity contribution in [2.45, 2.75) is 56.3 Å². The van der Waals surface area contributed by atoms with E-state index in [1.807, 2.05) is 25.3 Å². The first kappa shape index (κ1) is 23.1. The molecule has 32 heavy (non-hydrogen) atoms. The van der Waals surface area contributed by atoms with Gasteiger partial charge >= 0.3 is 0 Å². The molecule has 1 aromatic heterocycles. The van der Waals surface area contributed by atoms with Crippen LogP contribution in [0.15, 0.2) is 40.6 Å². The molecule has 1 amide bonds. The number of benzene rings is 1. The molecule has 2 fully saturated rings. The molecular formula is C23H28N2O5S2. The summed E-state index contributed by atoms with van der Waals surface area (Å²) in [6.07, 6.45) is 7.33. The van der Waals surface area contributed by atoms with E-state index in [1.165, 1.54) is 17.6 Å². The molecule has 1 unspecified atom stereocenters. The van der Waals surface area contributed by atoms with Crippen LogP contribution >= 0.6 is 11.3 Å². The highest BCUT2D eigenvalue weighted by Crippen LogP contribution is 2.35. The van der Waals surface area contributed by atoms with E-state index in [1.54, 1.807) is 24.3 Å². The van der Waals surface area contributed by atoms with Gasteiger partial charge in [-0.05, 0) is 50.3 Å². The Morgan fingerprint density at radius 3 is 2.50 bits per heavy atom. The second kappa shape index (κ2) is 9.05. The Kier molecular flexibility index (Phi) is 6.53. The topological polar surface area (TPSA) is 94.6 Å². The van der Waals surface area contributed by atoms with E-state index in [-0.39, 0.29) is 16.9 Å². The summed E-state index contributed by atoms with van der Waals surface area (Å²) in [6.45, 7) is 4.14. The lowest BCUT2D eigenvalue weighted by Gasteiger charge is -2.16. The quantitative estimate of drug-likeness (QED) is 0.613. The summed E-state index contributed by atoms with van der Waals surface area (Å²) in [5.41, 5.74) is 1.96.